The predicted molar refractivity (Wildman–Crippen MR) is 120 cm³/mol. The molecule has 0 aliphatic rings. The fourth-order valence-corrected chi connectivity index (χ4v) is 3.49. The molecule has 30 heavy (non-hydrogen) atoms. The van der Waals surface area contributed by atoms with E-state index in [1.54, 1.807) is 6.07 Å². The first-order chi connectivity index (χ1) is 14.5. The number of nitrogens with zero attached hydrogens (tertiary/aromatic N) is 2. The molecule has 0 atom stereocenters. The topological polar surface area (TPSA) is 82.7 Å². The van der Waals surface area contributed by atoms with Crippen LogP contribution in [0.2, 0.25) is 0 Å². The zero-order chi connectivity index (χ0) is 21.1. The smallest absolute Gasteiger partial charge is 0.270 e. The maximum atomic E-state index is 12.7. The Hall–Kier alpha value is -3.67. The summed E-state index contributed by atoms with van der Waals surface area (Å²) in [4.78, 5) is 24.8. The van der Waals surface area contributed by atoms with Gasteiger partial charge in [-0.05, 0) is 62.1 Å². The largest absolute Gasteiger partial charge is 0.361 e. The van der Waals surface area contributed by atoms with E-state index in [9.17, 15) is 4.79 Å². The van der Waals surface area contributed by atoms with Crippen molar-refractivity contribution in [3.8, 4) is 0 Å². The van der Waals surface area contributed by atoms with Crippen molar-refractivity contribution in [2.45, 2.75) is 27.2 Å². The lowest BCUT2D eigenvalue weighted by atomic mass is 10.1. The van der Waals surface area contributed by atoms with E-state index in [1.807, 2.05) is 50.4 Å². The van der Waals surface area contributed by atoms with Crippen LogP contribution >= 0.6 is 0 Å². The predicted octanol–water partition coefficient (Wildman–Crippen LogP) is 4.60. The molecule has 0 fully saturated rings. The minimum Gasteiger partial charge on any atom is -0.361 e. The zero-order valence-corrected chi connectivity index (χ0v) is 17.4. The van der Waals surface area contributed by atoms with Crippen molar-refractivity contribution in [1.29, 1.82) is 0 Å². The number of nitrogens with one attached hydrogen (secondary N) is 3. The Balaban J connectivity index is 1.44. The minimum absolute atomic E-state index is 0.204. The van der Waals surface area contributed by atoms with Gasteiger partial charge in [0.2, 0.25) is 5.95 Å². The number of fused-ring (bicyclic) bond motifs is 1. The van der Waals surface area contributed by atoms with E-state index in [0.29, 0.717) is 18.2 Å². The molecule has 6 nitrogen and oxygen atoms in total. The minimum atomic E-state index is -0.204. The number of amides is 1. The summed E-state index contributed by atoms with van der Waals surface area (Å²) in [5.41, 5.74) is 6.63. The number of hydrogen-bond acceptors (Lipinski definition) is 4. The molecule has 0 aliphatic heterocycles. The number of benzene rings is 2. The monoisotopic (exact) mass is 399 g/mol. The van der Waals surface area contributed by atoms with E-state index < -0.39 is 0 Å². The highest BCUT2D eigenvalue weighted by Gasteiger charge is 2.12. The van der Waals surface area contributed by atoms with E-state index in [2.05, 4.69) is 44.6 Å². The number of rotatable bonds is 6. The summed E-state index contributed by atoms with van der Waals surface area (Å²) in [6.45, 7) is 6.50. The highest BCUT2D eigenvalue weighted by atomic mass is 16.1. The lowest BCUT2D eigenvalue weighted by Gasteiger charge is -2.12. The number of aromatic amines is 1. The Morgan fingerprint density at radius 2 is 1.87 bits per heavy atom. The van der Waals surface area contributed by atoms with Gasteiger partial charge in [0, 0.05) is 35.0 Å². The second-order valence-electron chi connectivity index (χ2n) is 7.46. The zero-order valence-electron chi connectivity index (χ0n) is 17.4. The molecule has 0 unspecified atom stereocenters. The van der Waals surface area contributed by atoms with Gasteiger partial charge in [0.25, 0.3) is 5.91 Å². The molecule has 2 aromatic heterocycles. The Bertz CT molecular complexity index is 1210. The number of H-pyrrole nitrogens is 1. The normalized spacial score (nSPS) is 10.9. The number of carbonyl (C=O) groups excluding carboxylic acids is 1. The Morgan fingerprint density at radius 3 is 2.73 bits per heavy atom. The molecule has 4 aromatic rings. The molecule has 6 heteroatoms. The van der Waals surface area contributed by atoms with Crippen molar-refractivity contribution in [3.63, 3.8) is 0 Å². The van der Waals surface area contributed by atoms with Crippen LogP contribution in [0.5, 0.6) is 0 Å². The number of anilines is 2. The van der Waals surface area contributed by atoms with Crippen molar-refractivity contribution in [1.82, 2.24) is 20.3 Å². The molecule has 2 aromatic carbocycles. The van der Waals surface area contributed by atoms with Crippen molar-refractivity contribution in [3.05, 3.63) is 82.8 Å². The number of carbonyl (C=O) groups is 1. The summed E-state index contributed by atoms with van der Waals surface area (Å²) in [7, 11) is 0. The molecule has 0 saturated carbocycles. The van der Waals surface area contributed by atoms with Crippen LogP contribution in [0.3, 0.4) is 0 Å². The highest BCUT2D eigenvalue weighted by molar-refractivity contribution is 5.92. The number of aryl methyl sites for hydroxylation is 2. The Morgan fingerprint density at radius 1 is 1.03 bits per heavy atom. The second-order valence-corrected chi connectivity index (χ2v) is 7.46. The van der Waals surface area contributed by atoms with Crippen LogP contribution in [0.25, 0.3) is 10.9 Å². The summed E-state index contributed by atoms with van der Waals surface area (Å²) in [6.07, 6.45) is 2.74. The van der Waals surface area contributed by atoms with Gasteiger partial charge in [-0.25, -0.2) is 9.97 Å². The maximum Gasteiger partial charge on any atom is 0.270 e. The van der Waals surface area contributed by atoms with Crippen LogP contribution in [0.4, 0.5) is 11.6 Å². The molecular weight excluding hydrogens is 374 g/mol. The van der Waals surface area contributed by atoms with E-state index >= 15 is 0 Å². The van der Waals surface area contributed by atoms with Crippen LogP contribution in [-0.2, 0) is 6.42 Å². The molecule has 4 rings (SSSR count). The molecule has 0 saturated heterocycles. The summed E-state index contributed by atoms with van der Waals surface area (Å²) in [5, 5.41) is 7.40. The number of para-hydroxylation sites is 1. The van der Waals surface area contributed by atoms with Gasteiger partial charge in [0.05, 0.1) is 0 Å². The van der Waals surface area contributed by atoms with Crippen molar-refractivity contribution in [2.24, 2.45) is 0 Å². The Labute approximate surface area is 175 Å². The third kappa shape index (κ3) is 4.17. The first-order valence-corrected chi connectivity index (χ1v) is 10.0. The van der Waals surface area contributed by atoms with Gasteiger partial charge in [-0.15, -0.1) is 0 Å². The molecule has 1 amide bonds. The van der Waals surface area contributed by atoms with E-state index in [-0.39, 0.29) is 5.91 Å². The molecular formula is C24H25N5O. The molecule has 2 heterocycles. The average Bonchev–Trinajstić information content (AvgIpc) is 3.14. The van der Waals surface area contributed by atoms with Crippen LogP contribution in [0, 0.1) is 20.8 Å². The lowest BCUT2D eigenvalue weighted by molar-refractivity contribution is 0.0949. The first-order valence-electron chi connectivity index (χ1n) is 10.0. The van der Waals surface area contributed by atoms with Crippen LogP contribution < -0.4 is 10.6 Å². The number of hydrogen-bond donors (Lipinski definition) is 3. The van der Waals surface area contributed by atoms with Crippen LogP contribution in [0.15, 0.2) is 54.7 Å². The summed E-state index contributed by atoms with van der Waals surface area (Å²) in [6, 6.07) is 15.9. The quantitative estimate of drug-likeness (QED) is 0.442. The van der Waals surface area contributed by atoms with E-state index in [4.69, 9.17) is 0 Å². The number of aromatic nitrogens is 3. The van der Waals surface area contributed by atoms with Gasteiger partial charge in [0.15, 0.2) is 0 Å². The molecule has 0 radical (unpaired) electrons. The highest BCUT2D eigenvalue weighted by Crippen LogP contribution is 2.21. The van der Waals surface area contributed by atoms with Gasteiger partial charge < -0.3 is 15.6 Å². The summed E-state index contributed by atoms with van der Waals surface area (Å²) in [5.74, 6) is 0.217. The fraction of sp³-hybridized carbons (Fsp3) is 0.208. The van der Waals surface area contributed by atoms with Crippen molar-refractivity contribution < 1.29 is 4.79 Å². The summed E-state index contributed by atoms with van der Waals surface area (Å²) >= 11 is 0. The van der Waals surface area contributed by atoms with Crippen molar-refractivity contribution >= 4 is 28.4 Å². The molecule has 152 valence electrons. The SMILES string of the molecule is Cc1cc(C(=O)NCCc2c[nH]c3ccccc23)nc(Nc2cccc(C)c2C)n1. The maximum absolute atomic E-state index is 12.7. The first kappa shape index (κ1) is 19.6. The van der Waals surface area contributed by atoms with Crippen LogP contribution in [-0.4, -0.2) is 27.4 Å². The molecule has 0 spiro atoms. The average molecular weight is 399 g/mol. The molecule has 0 aliphatic carbocycles. The summed E-state index contributed by atoms with van der Waals surface area (Å²) < 4.78 is 0. The third-order valence-corrected chi connectivity index (χ3v) is 5.29. The Kier molecular flexibility index (Phi) is 5.48. The van der Waals surface area contributed by atoms with E-state index in [0.717, 1.165) is 28.9 Å². The van der Waals surface area contributed by atoms with Gasteiger partial charge in [-0.3, -0.25) is 4.79 Å². The third-order valence-electron chi connectivity index (χ3n) is 5.29. The van der Waals surface area contributed by atoms with Gasteiger partial charge >= 0.3 is 0 Å². The van der Waals surface area contributed by atoms with Crippen LogP contribution in [0.1, 0.15) is 32.9 Å². The van der Waals surface area contributed by atoms with Gasteiger partial charge in [-0.2, -0.15) is 0 Å². The fourth-order valence-electron chi connectivity index (χ4n) is 3.49. The van der Waals surface area contributed by atoms with Gasteiger partial charge in [-0.1, -0.05) is 30.3 Å². The molecule has 3 N–H and O–H groups in total. The van der Waals surface area contributed by atoms with E-state index in [1.165, 1.54) is 16.5 Å². The molecule has 0 bridgehead atoms. The lowest BCUT2D eigenvalue weighted by Crippen LogP contribution is -2.27. The second kappa shape index (κ2) is 8.37. The van der Waals surface area contributed by atoms with Gasteiger partial charge in [0.1, 0.15) is 5.69 Å². The van der Waals surface area contributed by atoms with Crippen molar-refractivity contribution in [2.75, 3.05) is 11.9 Å². The standard InChI is InChI=1S/C24H25N5O/c1-15-7-6-10-20(17(15)3)28-24-27-16(2)13-22(29-24)23(30)25-12-11-18-14-26-21-9-5-4-8-19(18)21/h4-10,13-14,26H,11-12H2,1-3H3,(H,25,30)(H,27,28,29).